The first-order valence-electron chi connectivity index (χ1n) is 11.2. The van der Waals surface area contributed by atoms with Crippen molar-refractivity contribution >= 4 is 16.8 Å². The Labute approximate surface area is 168 Å². The van der Waals surface area contributed by atoms with Gasteiger partial charge in [-0.1, -0.05) is 26.2 Å². The summed E-state index contributed by atoms with van der Waals surface area (Å²) < 4.78 is 18.3. The number of aliphatic imine (C=N–C) groups is 1. The van der Waals surface area contributed by atoms with Crippen molar-refractivity contribution in [3.63, 3.8) is 0 Å². The lowest BCUT2D eigenvalue weighted by molar-refractivity contribution is -0.125. The van der Waals surface area contributed by atoms with Crippen LogP contribution in [-0.2, 0) is 15.5 Å². The Morgan fingerprint density at radius 2 is 1.89 bits per heavy atom. The van der Waals surface area contributed by atoms with Gasteiger partial charge in [0.15, 0.2) is 5.96 Å². The lowest BCUT2D eigenvalue weighted by Gasteiger charge is -2.54. The lowest BCUT2D eigenvalue weighted by Crippen LogP contribution is -2.65. The molecule has 3 rings (SSSR count). The van der Waals surface area contributed by atoms with Gasteiger partial charge in [0.25, 0.3) is 0 Å². The van der Waals surface area contributed by atoms with Gasteiger partial charge < -0.3 is 15.4 Å². The van der Waals surface area contributed by atoms with Crippen LogP contribution in [0.15, 0.2) is 4.99 Å². The fourth-order valence-electron chi connectivity index (χ4n) is 5.49. The maximum Gasteiger partial charge on any atom is 0.191 e. The van der Waals surface area contributed by atoms with Gasteiger partial charge in [0.1, 0.15) is 0 Å². The van der Waals surface area contributed by atoms with Gasteiger partial charge in [-0.15, -0.1) is 0 Å². The van der Waals surface area contributed by atoms with Crippen molar-refractivity contribution in [3.8, 4) is 0 Å². The van der Waals surface area contributed by atoms with Crippen LogP contribution in [0, 0.1) is 5.41 Å². The zero-order valence-electron chi connectivity index (χ0n) is 17.5. The first-order valence-corrected chi connectivity index (χ1v) is 12.6. The van der Waals surface area contributed by atoms with Crippen LogP contribution in [0.5, 0.6) is 0 Å². The Balaban J connectivity index is 1.60. The lowest BCUT2D eigenvalue weighted by atomic mass is 9.60. The number of hydrogen-bond donors (Lipinski definition) is 2. The first kappa shape index (κ1) is 21.1. The zero-order valence-corrected chi connectivity index (χ0v) is 18.3. The average Bonchev–Trinajstić information content (AvgIpc) is 3.20. The van der Waals surface area contributed by atoms with Gasteiger partial charge in [0, 0.05) is 52.5 Å². The molecule has 3 aliphatic carbocycles. The molecule has 3 saturated carbocycles. The van der Waals surface area contributed by atoms with Crippen molar-refractivity contribution in [2.45, 2.75) is 102 Å². The number of rotatable bonds is 7. The summed E-state index contributed by atoms with van der Waals surface area (Å²) in [4.78, 5) is 4.73. The Kier molecular flexibility index (Phi) is 7.60. The standard InChI is InChI=1S/C21H39N3O2S/c1-4-22-20(23-16-10-9-11-17(14-16)27(25)6-3)24-18-15-19(26-5-2)21(18)12-7-8-13-21/h16-19H,4-15H2,1-3H3,(H2,22,23,24). The third-order valence-electron chi connectivity index (χ3n) is 6.94. The molecule has 5 atom stereocenters. The molecule has 0 bridgehead atoms. The van der Waals surface area contributed by atoms with Crippen LogP contribution >= 0.6 is 0 Å². The monoisotopic (exact) mass is 397 g/mol. The van der Waals surface area contributed by atoms with Crippen LogP contribution in [0.2, 0.25) is 0 Å². The summed E-state index contributed by atoms with van der Waals surface area (Å²) in [5.74, 6) is 1.73. The minimum absolute atomic E-state index is 0.311. The van der Waals surface area contributed by atoms with E-state index in [2.05, 4.69) is 24.5 Å². The summed E-state index contributed by atoms with van der Waals surface area (Å²) in [6.07, 6.45) is 11.1. The molecule has 6 heteroatoms. The Morgan fingerprint density at radius 3 is 2.56 bits per heavy atom. The average molecular weight is 398 g/mol. The van der Waals surface area contributed by atoms with Gasteiger partial charge >= 0.3 is 0 Å². The molecule has 156 valence electrons. The van der Waals surface area contributed by atoms with Gasteiger partial charge in [0.05, 0.1) is 6.10 Å². The molecular formula is C21H39N3O2S. The molecular weight excluding hydrogens is 358 g/mol. The Bertz CT molecular complexity index is 534. The van der Waals surface area contributed by atoms with Crippen molar-refractivity contribution in [3.05, 3.63) is 0 Å². The topological polar surface area (TPSA) is 62.7 Å². The van der Waals surface area contributed by atoms with E-state index in [1.165, 1.54) is 25.7 Å². The summed E-state index contributed by atoms with van der Waals surface area (Å²) in [5, 5.41) is 7.79. The number of nitrogens with zero attached hydrogens (tertiary/aromatic N) is 1. The predicted octanol–water partition coefficient (Wildman–Crippen LogP) is 3.36. The van der Waals surface area contributed by atoms with Crippen LogP contribution in [0.25, 0.3) is 0 Å². The first-order chi connectivity index (χ1) is 13.1. The second-order valence-corrected chi connectivity index (χ2v) is 10.4. The quantitative estimate of drug-likeness (QED) is 0.511. The summed E-state index contributed by atoms with van der Waals surface area (Å²) in [6, 6.07) is 0.859. The molecule has 3 fully saturated rings. The van der Waals surface area contributed by atoms with Gasteiger partial charge in [-0.05, 0) is 52.4 Å². The molecule has 0 heterocycles. The van der Waals surface area contributed by atoms with E-state index < -0.39 is 10.8 Å². The van der Waals surface area contributed by atoms with Crippen LogP contribution in [-0.4, -0.2) is 52.5 Å². The number of nitrogens with one attached hydrogen (secondary N) is 2. The van der Waals surface area contributed by atoms with E-state index >= 15 is 0 Å². The molecule has 0 saturated heterocycles. The molecule has 0 aromatic heterocycles. The molecule has 5 nitrogen and oxygen atoms in total. The molecule has 2 N–H and O–H groups in total. The molecule has 0 amide bonds. The van der Waals surface area contributed by atoms with E-state index in [1.807, 2.05) is 6.92 Å². The smallest absolute Gasteiger partial charge is 0.191 e. The highest BCUT2D eigenvalue weighted by atomic mass is 32.2. The Hall–Kier alpha value is -0.620. The summed E-state index contributed by atoms with van der Waals surface area (Å²) >= 11 is 0. The molecule has 5 unspecified atom stereocenters. The van der Waals surface area contributed by atoms with Crippen molar-refractivity contribution in [1.82, 2.24) is 10.6 Å². The molecule has 0 aliphatic heterocycles. The molecule has 27 heavy (non-hydrogen) atoms. The number of ether oxygens (including phenoxy) is 1. The predicted molar refractivity (Wildman–Crippen MR) is 114 cm³/mol. The van der Waals surface area contributed by atoms with E-state index in [0.717, 1.165) is 57.0 Å². The minimum Gasteiger partial charge on any atom is -0.378 e. The third kappa shape index (κ3) is 4.69. The number of hydrogen-bond acceptors (Lipinski definition) is 3. The van der Waals surface area contributed by atoms with Gasteiger partial charge in [-0.3, -0.25) is 9.20 Å². The normalized spacial score (nSPS) is 34.3. The summed E-state index contributed by atoms with van der Waals surface area (Å²) in [6.45, 7) is 7.82. The van der Waals surface area contributed by atoms with Crippen LogP contribution in [0.4, 0.5) is 0 Å². The van der Waals surface area contributed by atoms with E-state index in [9.17, 15) is 4.21 Å². The van der Waals surface area contributed by atoms with Crippen LogP contribution < -0.4 is 10.6 Å². The third-order valence-corrected chi connectivity index (χ3v) is 8.68. The van der Waals surface area contributed by atoms with Gasteiger partial charge in [-0.25, -0.2) is 0 Å². The highest BCUT2D eigenvalue weighted by Gasteiger charge is 2.57. The Morgan fingerprint density at radius 1 is 1.11 bits per heavy atom. The van der Waals surface area contributed by atoms with Crippen molar-refractivity contribution in [1.29, 1.82) is 0 Å². The maximum atomic E-state index is 12.2. The molecule has 0 aromatic rings. The molecule has 0 radical (unpaired) electrons. The van der Waals surface area contributed by atoms with Crippen molar-refractivity contribution < 1.29 is 8.95 Å². The van der Waals surface area contributed by atoms with Crippen molar-refractivity contribution in [2.24, 2.45) is 10.4 Å². The highest BCUT2D eigenvalue weighted by Crippen LogP contribution is 2.54. The highest BCUT2D eigenvalue weighted by molar-refractivity contribution is 7.85. The van der Waals surface area contributed by atoms with Crippen LogP contribution in [0.3, 0.4) is 0 Å². The molecule has 1 spiro atoms. The maximum absolute atomic E-state index is 12.2. The van der Waals surface area contributed by atoms with E-state index in [4.69, 9.17) is 9.73 Å². The van der Waals surface area contributed by atoms with Gasteiger partial charge in [-0.2, -0.15) is 0 Å². The molecule has 3 aliphatic rings. The second-order valence-electron chi connectivity index (χ2n) is 8.44. The largest absolute Gasteiger partial charge is 0.378 e. The second kappa shape index (κ2) is 9.73. The summed E-state index contributed by atoms with van der Waals surface area (Å²) in [7, 11) is -0.685. The van der Waals surface area contributed by atoms with E-state index in [0.29, 0.717) is 28.9 Å². The zero-order chi connectivity index (χ0) is 19.3. The number of guanidine groups is 1. The molecule has 0 aromatic carbocycles. The van der Waals surface area contributed by atoms with E-state index in [-0.39, 0.29) is 0 Å². The van der Waals surface area contributed by atoms with E-state index in [1.54, 1.807) is 0 Å². The fraction of sp³-hybridized carbons (Fsp3) is 0.952. The van der Waals surface area contributed by atoms with Crippen LogP contribution in [0.1, 0.15) is 78.6 Å². The SMILES string of the molecule is CCN=C(NC1CCCC(S(=O)CC)C1)NC1CC(OCC)C12CCCC2. The summed E-state index contributed by atoms with van der Waals surface area (Å²) in [5.41, 5.74) is 0.311. The minimum atomic E-state index is -0.685. The van der Waals surface area contributed by atoms with Crippen molar-refractivity contribution in [2.75, 3.05) is 18.9 Å². The van der Waals surface area contributed by atoms with Gasteiger partial charge in [0.2, 0.25) is 0 Å². The fourth-order valence-corrected chi connectivity index (χ4v) is 6.84.